The molecule has 1 aliphatic heterocycles. The Morgan fingerprint density at radius 3 is 2.61 bits per heavy atom. The summed E-state index contributed by atoms with van der Waals surface area (Å²) in [6.07, 6.45) is 2.03. The van der Waals surface area contributed by atoms with Crippen molar-refractivity contribution in [3.8, 4) is 0 Å². The van der Waals surface area contributed by atoms with Crippen LogP contribution in [0.15, 0.2) is 78.0 Å². The summed E-state index contributed by atoms with van der Waals surface area (Å²) in [4.78, 5) is 34.2. The molecular weight excluding hydrogens is 575 g/mol. The Labute approximate surface area is 260 Å². The summed E-state index contributed by atoms with van der Waals surface area (Å²) in [7, 11) is 0. The van der Waals surface area contributed by atoms with Crippen LogP contribution in [-0.2, 0) is 11.3 Å². The van der Waals surface area contributed by atoms with Gasteiger partial charge in [0.2, 0.25) is 11.1 Å². The van der Waals surface area contributed by atoms with Crippen molar-refractivity contribution >= 4 is 45.6 Å². The molecule has 1 atom stereocenters. The molecule has 2 aromatic heterocycles. The number of carbonyl (C=O) groups excluding carboxylic acids is 2. The van der Waals surface area contributed by atoms with Gasteiger partial charge in [0.1, 0.15) is 11.3 Å². The molecule has 2 amide bonds. The number of hydrogen-bond donors (Lipinski definition) is 0. The quantitative estimate of drug-likeness (QED) is 0.148. The fourth-order valence-corrected chi connectivity index (χ4v) is 6.66. The Kier molecular flexibility index (Phi) is 8.88. The van der Waals surface area contributed by atoms with Crippen molar-refractivity contribution in [2.75, 3.05) is 25.4 Å². The summed E-state index contributed by atoms with van der Waals surface area (Å²) in [5, 5.41) is 10.6. The molecule has 10 heteroatoms. The second-order valence-electron chi connectivity index (χ2n) is 11.3. The monoisotopic (exact) mass is 610 g/mol. The van der Waals surface area contributed by atoms with Gasteiger partial charge < -0.3 is 14.4 Å². The molecule has 1 saturated heterocycles. The number of nitrogens with zero attached hydrogens (tertiary/aromatic N) is 6. The molecule has 6 rings (SSSR count). The zero-order chi connectivity index (χ0) is 30.6. The number of hydrogen-bond acceptors (Lipinski definition) is 6. The van der Waals surface area contributed by atoms with Gasteiger partial charge >= 0.3 is 0 Å². The van der Waals surface area contributed by atoms with Crippen LogP contribution in [0.1, 0.15) is 47.7 Å². The Morgan fingerprint density at radius 2 is 1.80 bits per heavy atom. The molecule has 1 aliphatic rings. The van der Waals surface area contributed by atoms with Crippen LogP contribution in [0.3, 0.4) is 0 Å². The molecular formula is C34H35FN6O2S. The highest BCUT2D eigenvalue weighted by molar-refractivity contribution is 7.99. The van der Waals surface area contributed by atoms with E-state index in [1.165, 1.54) is 23.3 Å². The third-order valence-electron chi connectivity index (χ3n) is 8.14. The zero-order valence-corrected chi connectivity index (χ0v) is 25.8. The SMILES string of the molecule is Cc1cccc(Cn2c3ccccc3c3nnc(SCCCCC(=O)N4CCN(C(=O)c5ccccc5F)C(C)C4)nc32)c1. The van der Waals surface area contributed by atoms with Crippen LogP contribution in [0.4, 0.5) is 4.39 Å². The minimum atomic E-state index is -0.521. The van der Waals surface area contributed by atoms with Gasteiger partial charge in [-0.05, 0) is 50.5 Å². The summed E-state index contributed by atoms with van der Waals surface area (Å²) >= 11 is 1.56. The molecule has 0 aliphatic carbocycles. The topological polar surface area (TPSA) is 84.2 Å². The van der Waals surface area contributed by atoms with Gasteiger partial charge in [-0.25, -0.2) is 9.37 Å². The second kappa shape index (κ2) is 13.1. The van der Waals surface area contributed by atoms with Crippen LogP contribution < -0.4 is 0 Å². The maximum Gasteiger partial charge on any atom is 0.257 e. The highest BCUT2D eigenvalue weighted by Crippen LogP contribution is 2.28. The van der Waals surface area contributed by atoms with Crippen LogP contribution in [0.25, 0.3) is 22.1 Å². The number of para-hydroxylation sites is 1. The lowest BCUT2D eigenvalue weighted by molar-refractivity contribution is -0.133. The van der Waals surface area contributed by atoms with Crippen molar-refractivity contribution < 1.29 is 14.0 Å². The Balaban J connectivity index is 1.02. The Morgan fingerprint density at radius 1 is 0.977 bits per heavy atom. The Bertz CT molecular complexity index is 1820. The maximum atomic E-state index is 14.1. The van der Waals surface area contributed by atoms with E-state index < -0.39 is 5.82 Å². The van der Waals surface area contributed by atoms with Gasteiger partial charge in [-0.1, -0.05) is 71.9 Å². The van der Waals surface area contributed by atoms with E-state index in [-0.39, 0.29) is 23.4 Å². The largest absolute Gasteiger partial charge is 0.339 e. The molecule has 0 spiro atoms. The van der Waals surface area contributed by atoms with Gasteiger partial charge in [0, 0.05) is 49.8 Å². The minimum absolute atomic E-state index is 0.0719. The van der Waals surface area contributed by atoms with Crippen LogP contribution in [-0.4, -0.2) is 72.8 Å². The summed E-state index contributed by atoms with van der Waals surface area (Å²) in [5.74, 6) is 0.0108. The third-order valence-corrected chi connectivity index (χ3v) is 9.06. The van der Waals surface area contributed by atoms with Gasteiger partial charge in [0.15, 0.2) is 5.65 Å². The average molecular weight is 611 g/mol. The molecule has 3 heterocycles. The van der Waals surface area contributed by atoms with E-state index in [4.69, 9.17) is 4.98 Å². The number of benzene rings is 3. The molecule has 226 valence electrons. The lowest BCUT2D eigenvalue weighted by atomic mass is 10.1. The zero-order valence-electron chi connectivity index (χ0n) is 24.9. The lowest BCUT2D eigenvalue weighted by Crippen LogP contribution is -2.55. The molecule has 0 bridgehead atoms. The standard InChI is InChI=1S/C34H35FN6O2S/c1-23-10-9-11-25(20-23)22-41-29-15-6-4-13-27(29)31-32(41)36-34(38-37-31)44-19-8-7-16-30(42)39-17-18-40(24(2)21-39)33(43)26-12-3-5-14-28(26)35/h3-6,9-15,20,24H,7-8,16-19,21-22H2,1-2H3. The fourth-order valence-electron chi connectivity index (χ4n) is 5.88. The van der Waals surface area contributed by atoms with E-state index in [2.05, 4.69) is 58.1 Å². The van der Waals surface area contributed by atoms with Crippen LogP contribution in [0.5, 0.6) is 0 Å². The van der Waals surface area contributed by atoms with E-state index in [0.717, 1.165) is 40.7 Å². The molecule has 1 fully saturated rings. The van der Waals surface area contributed by atoms with Crippen molar-refractivity contribution in [1.29, 1.82) is 0 Å². The van der Waals surface area contributed by atoms with E-state index in [0.29, 0.717) is 37.8 Å². The fraction of sp³-hybridized carbons (Fsp3) is 0.324. The van der Waals surface area contributed by atoms with Crippen molar-refractivity contribution in [1.82, 2.24) is 29.5 Å². The summed E-state index contributed by atoms with van der Waals surface area (Å²) in [5.41, 5.74) is 5.20. The molecule has 5 aromatic rings. The van der Waals surface area contributed by atoms with E-state index in [1.54, 1.807) is 28.8 Å². The molecule has 1 unspecified atom stereocenters. The summed E-state index contributed by atoms with van der Waals surface area (Å²) in [6, 6.07) is 22.5. The number of piperazine rings is 1. The lowest BCUT2D eigenvalue weighted by Gasteiger charge is -2.40. The van der Waals surface area contributed by atoms with Gasteiger partial charge in [-0.2, -0.15) is 0 Å². The normalized spacial score (nSPS) is 15.3. The molecule has 8 nitrogen and oxygen atoms in total. The highest BCUT2D eigenvalue weighted by Gasteiger charge is 2.31. The first-order valence-electron chi connectivity index (χ1n) is 15.0. The van der Waals surface area contributed by atoms with Crippen molar-refractivity contribution in [2.45, 2.75) is 50.9 Å². The number of rotatable bonds is 9. The van der Waals surface area contributed by atoms with E-state index in [1.807, 2.05) is 24.0 Å². The predicted octanol–water partition coefficient (Wildman–Crippen LogP) is 6.11. The number of aryl methyl sites for hydroxylation is 1. The summed E-state index contributed by atoms with van der Waals surface area (Å²) in [6.45, 7) is 5.99. The number of carbonyl (C=O) groups is 2. The van der Waals surface area contributed by atoms with Gasteiger partial charge in [0.25, 0.3) is 5.91 Å². The molecule has 0 N–H and O–H groups in total. The van der Waals surface area contributed by atoms with Crippen molar-refractivity contribution in [3.05, 3.63) is 95.3 Å². The van der Waals surface area contributed by atoms with Crippen LogP contribution in [0, 0.1) is 12.7 Å². The number of halogens is 1. The Hall–Kier alpha value is -4.31. The average Bonchev–Trinajstić information content (AvgIpc) is 3.33. The van der Waals surface area contributed by atoms with Gasteiger partial charge in [-0.15, -0.1) is 10.2 Å². The van der Waals surface area contributed by atoms with Crippen molar-refractivity contribution in [2.24, 2.45) is 0 Å². The van der Waals surface area contributed by atoms with E-state index >= 15 is 0 Å². The molecule has 0 saturated carbocycles. The first kappa shape index (κ1) is 29.7. The summed E-state index contributed by atoms with van der Waals surface area (Å²) < 4.78 is 16.3. The third kappa shape index (κ3) is 6.31. The minimum Gasteiger partial charge on any atom is -0.339 e. The van der Waals surface area contributed by atoms with Crippen LogP contribution in [0.2, 0.25) is 0 Å². The number of unbranched alkanes of at least 4 members (excludes halogenated alkanes) is 1. The predicted molar refractivity (Wildman–Crippen MR) is 171 cm³/mol. The second-order valence-corrected chi connectivity index (χ2v) is 12.4. The molecule has 0 radical (unpaired) electrons. The number of thioether (sulfide) groups is 1. The molecule has 44 heavy (non-hydrogen) atoms. The number of amides is 2. The number of aromatic nitrogens is 4. The van der Waals surface area contributed by atoms with Gasteiger partial charge in [0.05, 0.1) is 11.1 Å². The molecule has 3 aromatic carbocycles. The van der Waals surface area contributed by atoms with Crippen molar-refractivity contribution in [3.63, 3.8) is 0 Å². The first-order chi connectivity index (χ1) is 21.4. The number of fused-ring (bicyclic) bond motifs is 3. The van der Waals surface area contributed by atoms with Crippen LogP contribution >= 0.6 is 11.8 Å². The smallest absolute Gasteiger partial charge is 0.257 e. The van der Waals surface area contributed by atoms with E-state index in [9.17, 15) is 14.0 Å². The highest BCUT2D eigenvalue weighted by atomic mass is 32.2. The maximum absolute atomic E-state index is 14.1. The first-order valence-corrected chi connectivity index (χ1v) is 16.0. The van der Waals surface area contributed by atoms with Gasteiger partial charge in [-0.3, -0.25) is 9.59 Å².